The van der Waals surface area contributed by atoms with Gasteiger partial charge in [0.15, 0.2) is 0 Å². The van der Waals surface area contributed by atoms with Crippen molar-refractivity contribution in [2.45, 2.75) is 31.4 Å². The van der Waals surface area contributed by atoms with E-state index in [1.54, 1.807) is 11.8 Å². The lowest BCUT2D eigenvalue weighted by Gasteiger charge is -2.29. The Balaban J connectivity index is 2.17. The zero-order valence-electron chi connectivity index (χ0n) is 9.18. The molecule has 0 aliphatic carbocycles. The van der Waals surface area contributed by atoms with E-state index >= 15 is 0 Å². The van der Waals surface area contributed by atoms with Gasteiger partial charge in [-0.05, 0) is 39.1 Å². The SMILES string of the molecule is CSCC(C)(O)CNC1CCNCC1. The second kappa shape index (κ2) is 5.95. The van der Waals surface area contributed by atoms with Gasteiger partial charge in [0, 0.05) is 18.3 Å². The summed E-state index contributed by atoms with van der Waals surface area (Å²) in [6.07, 6.45) is 4.38. The van der Waals surface area contributed by atoms with E-state index in [1.807, 2.05) is 13.2 Å². The van der Waals surface area contributed by atoms with E-state index in [-0.39, 0.29) is 0 Å². The molecule has 3 nitrogen and oxygen atoms in total. The maximum Gasteiger partial charge on any atom is 0.0833 e. The van der Waals surface area contributed by atoms with Crippen LogP contribution in [0, 0.1) is 0 Å². The molecule has 1 fully saturated rings. The van der Waals surface area contributed by atoms with Gasteiger partial charge in [-0.15, -0.1) is 0 Å². The third-order valence-corrected chi connectivity index (χ3v) is 3.48. The summed E-state index contributed by atoms with van der Waals surface area (Å²) in [6, 6.07) is 0.588. The lowest BCUT2D eigenvalue weighted by molar-refractivity contribution is 0.0799. The molecule has 0 bridgehead atoms. The molecule has 0 spiro atoms. The van der Waals surface area contributed by atoms with Crippen LogP contribution in [0.1, 0.15) is 19.8 Å². The summed E-state index contributed by atoms with van der Waals surface area (Å²) in [6.45, 7) is 4.81. The fourth-order valence-corrected chi connectivity index (χ4v) is 2.48. The lowest BCUT2D eigenvalue weighted by atomic mass is 10.0. The van der Waals surface area contributed by atoms with Crippen LogP contribution in [0.25, 0.3) is 0 Å². The monoisotopic (exact) mass is 218 g/mol. The van der Waals surface area contributed by atoms with Gasteiger partial charge in [-0.3, -0.25) is 0 Å². The number of nitrogens with one attached hydrogen (secondary N) is 2. The predicted molar refractivity (Wildman–Crippen MR) is 62.9 cm³/mol. The molecule has 1 rings (SSSR count). The summed E-state index contributed by atoms with van der Waals surface area (Å²) in [5, 5.41) is 16.7. The predicted octanol–water partition coefficient (Wildman–Crippen LogP) is 0.442. The number of rotatable bonds is 5. The standard InChI is InChI=1S/C10H22N2OS/c1-10(13,8-14-2)7-12-9-3-5-11-6-4-9/h9,11-13H,3-8H2,1-2H3. The van der Waals surface area contributed by atoms with Crippen LogP contribution in [-0.2, 0) is 0 Å². The Morgan fingerprint density at radius 2 is 2.14 bits per heavy atom. The first kappa shape index (κ1) is 12.3. The fourth-order valence-electron chi connectivity index (χ4n) is 1.75. The van der Waals surface area contributed by atoms with Crippen molar-refractivity contribution in [3.8, 4) is 0 Å². The van der Waals surface area contributed by atoms with Crippen molar-refractivity contribution in [1.29, 1.82) is 0 Å². The molecule has 1 unspecified atom stereocenters. The molecule has 84 valence electrons. The molecule has 4 heteroatoms. The number of aliphatic hydroxyl groups is 1. The quantitative estimate of drug-likeness (QED) is 0.627. The second-order valence-electron chi connectivity index (χ2n) is 4.34. The van der Waals surface area contributed by atoms with Gasteiger partial charge >= 0.3 is 0 Å². The highest BCUT2D eigenvalue weighted by molar-refractivity contribution is 7.98. The van der Waals surface area contributed by atoms with E-state index in [1.165, 1.54) is 12.8 Å². The van der Waals surface area contributed by atoms with Crippen LogP contribution in [0.5, 0.6) is 0 Å². The minimum atomic E-state index is -0.565. The highest BCUT2D eigenvalue weighted by atomic mass is 32.2. The van der Waals surface area contributed by atoms with Crippen molar-refractivity contribution in [2.24, 2.45) is 0 Å². The Morgan fingerprint density at radius 1 is 1.50 bits per heavy atom. The van der Waals surface area contributed by atoms with Gasteiger partial charge in [-0.2, -0.15) is 11.8 Å². The highest BCUT2D eigenvalue weighted by Gasteiger charge is 2.21. The molecule has 1 aliphatic rings. The second-order valence-corrected chi connectivity index (χ2v) is 5.20. The summed E-state index contributed by atoms with van der Waals surface area (Å²) in [5.74, 6) is 0.797. The van der Waals surface area contributed by atoms with Gasteiger partial charge in [0.2, 0.25) is 0 Å². The molecule has 0 amide bonds. The number of piperidine rings is 1. The summed E-state index contributed by atoms with van der Waals surface area (Å²) >= 11 is 1.69. The third-order valence-electron chi connectivity index (χ3n) is 2.57. The zero-order chi connectivity index (χ0) is 10.4. The van der Waals surface area contributed by atoms with Crippen LogP contribution in [0.2, 0.25) is 0 Å². The maximum absolute atomic E-state index is 9.95. The van der Waals surface area contributed by atoms with Crippen LogP contribution < -0.4 is 10.6 Å². The first-order chi connectivity index (χ1) is 6.64. The molecule has 1 atom stereocenters. The Morgan fingerprint density at radius 3 is 2.71 bits per heavy atom. The first-order valence-corrected chi connectivity index (χ1v) is 6.69. The van der Waals surface area contributed by atoms with Crippen molar-refractivity contribution in [3.05, 3.63) is 0 Å². The Labute approximate surface area is 91.0 Å². The molecule has 1 aliphatic heterocycles. The van der Waals surface area contributed by atoms with Crippen LogP contribution in [0.4, 0.5) is 0 Å². The van der Waals surface area contributed by atoms with Crippen molar-refractivity contribution in [2.75, 3.05) is 31.6 Å². The fraction of sp³-hybridized carbons (Fsp3) is 1.00. The molecule has 3 N–H and O–H groups in total. The van der Waals surface area contributed by atoms with Gasteiger partial charge in [0.05, 0.1) is 5.60 Å². The molecule has 0 aromatic heterocycles. The Kier molecular flexibility index (Phi) is 5.23. The molecule has 0 saturated carbocycles. The van der Waals surface area contributed by atoms with Gasteiger partial charge < -0.3 is 15.7 Å². The molecular formula is C10H22N2OS. The molecule has 0 aromatic rings. The van der Waals surface area contributed by atoms with E-state index in [0.717, 1.165) is 18.8 Å². The van der Waals surface area contributed by atoms with Crippen molar-refractivity contribution >= 4 is 11.8 Å². The number of hydrogen-bond acceptors (Lipinski definition) is 4. The van der Waals surface area contributed by atoms with Crippen LogP contribution in [0.3, 0.4) is 0 Å². The van der Waals surface area contributed by atoms with E-state index in [0.29, 0.717) is 12.6 Å². The van der Waals surface area contributed by atoms with Gasteiger partial charge in [0.1, 0.15) is 0 Å². The summed E-state index contributed by atoms with van der Waals surface area (Å²) in [4.78, 5) is 0. The summed E-state index contributed by atoms with van der Waals surface area (Å²) < 4.78 is 0. The molecule has 0 radical (unpaired) electrons. The highest BCUT2D eigenvalue weighted by Crippen LogP contribution is 2.10. The van der Waals surface area contributed by atoms with Gasteiger partial charge in [-0.1, -0.05) is 0 Å². The van der Waals surface area contributed by atoms with Crippen LogP contribution >= 0.6 is 11.8 Å². The number of thioether (sulfide) groups is 1. The first-order valence-electron chi connectivity index (χ1n) is 5.29. The van der Waals surface area contributed by atoms with Crippen molar-refractivity contribution in [3.63, 3.8) is 0 Å². The summed E-state index contributed by atoms with van der Waals surface area (Å²) in [7, 11) is 0. The minimum Gasteiger partial charge on any atom is -0.388 e. The molecule has 1 heterocycles. The average molecular weight is 218 g/mol. The largest absolute Gasteiger partial charge is 0.388 e. The van der Waals surface area contributed by atoms with Crippen LogP contribution in [-0.4, -0.2) is 48.4 Å². The molecule has 1 saturated heterocycles. The number of hydrogen-bond donors (Lipinski definition) is 3. The normalized spacial score (nSPS) is 23.4. The van der Waals surface area contributed by atoms with Crippen molar-refractivity contribution < 1.29 is 5.11 Å². The van der Waals surface area contributed by atoms with Crippen molar-refractivity contribution in [1.82, 2.24) is 10.6 Å². The molecule has 0 aromatic carbocycles. The maximum atomic E-state index is 9.95. The molecule has 14 heavy (non-hydrogen) atoms. The van der Waals surface area contributed by atoms with Gasteiger partial charge in [-0.25, -0.2) is 0 Å². The Bertz CT molecular complexity index is 158. The van der Waals surface area contributed by atoms with Gasteiger partial charge in [0.25, 0.3) is 0 Å². The third kappa shape index (κ3) is 4.64. The smallest absolute Gasteiger partial charge is 0.0833 e. The average Bonchev–Trinajstić information content (AvgIpc) is 2.17. The molecular weight excluding hydrogens is 196 g/mol. The zero-order valence-corrected chi connectivity index (χ0v) is 9.99. The minimum absolute atomic E-state index is 0.565. The van der Waals surface area contributed by atoms with E-state index < -0.39 is 5.60 Å². The topological polar surface area (TPSA) is 44.3 Å². The summed E-state index contributed by atoms with van der Waals surface area (Å²) in [5.41, 5.74) is -0.565. The van der Waals surface area contributed by atoms with E-state index in [9.17, 15) is 5.11 Å². The lowest BCUT2D eigenvalue weighted by Crippen LogP contribution is -2.47. The van der Waals surface area contributed by atoms with Crippen LogP contribution in [0.15, 0.2) is 0 Å². The van der Waals surface area contributed by atoms with E-state index in [2.05, 4.69) is 10.6 Å². The van der Waals surface area contributed by atoms with E-state index in [4.69, 9.17) is 0 Å². The Hall–Kier alpha value is 0.230.